The number of carbonyl (C=O) groups is 7. The summed E-state index contributed by atoms with van der Waals surface area (Å²) in [6.45, 7) is 15.7. The molecule has 6 aliphatic carbocycles. The Hall–Kier alpha value is -5.75. The van der Waals surface area contributed by atoms with Crippen molar-refractivity contribution in [3.05, 3.63) is 94.1 Å². The second-order valence-corrected chi connectivity index (χ2v) is 25.0. The van der Waals surface area contributed by atoms with Gasteiger partial charge in [0.05, 0.1) is 71.4 Å². The van der Waals surface area contributed by atoms with Crippen LogP contribution in [0.25, 0.3) is 0 Å². The molecular weight excluding hydrogens is 1070 g/mol. The zero-order valence-corrected chi connectivity index (χ0v) is 47.3. The average molecular weight is 1150 g/mol. The van der Waals surface area contributed by atoms with Crippen LogP contribution in [0.15, 0.2) is 83.0 Å². The van der Waals surface area contributed by atoms with E-state index in [1.165, 1.54) is 52.0 Å². The Morgan fingerprint density at radius 3 is 1.26 bits per heavy atom. The number of esters is 5. The van der Waals surface area contributed by atoms with Gasteiger partial charge in [-0.3, -0.25) is 24.0 Å². The fourth-order valence-electron chi connectivity index (χ4n) is 15.6. The number of rotatable bonds is 7. The number of hydrogen-bond donors (Lipinski definition) is 7. The van der Waals surface area contributed by atoms with E-state index in [9.17, 15) is 69.3 Å². The lowest BCUT2D eigenvalue weighted by Crippen LogP contribution is -2.81. The van der Waals surface area contributed by atoms with Gasteiger partial charge >= 0.3 is 29.8 Å². The van der Waals surface area contributed by atoms with Crippen LogP contribution in [-0.2, 0) is 57.1 Å². The highest BCUT2D eigenvalue weighted by Gasteiger charge is 2.80. The molecule has 0 aromatic heterocycles. The second kappa shape index (κ2) is 21.1. The van der Waals surface area contributed by atoms with E-state index >= 15 is 0 Å². The van der Waals surface area contributed by atoms with Gasteiger partial charge in [0.1, 0.15) is 41.7 Å². The van der Waals surface area contributed by atoms with Gasteiger partial charge in [-0.15, -0.1) is 0 Å². The predicted molar refractivity (Wildman–Crippen MR) is 287 cm³/mol. The molecule has 2 aromatic rings. The van der Waals surface area contributed by atoms with Gasteiger partial charge in [-0.1, -0.05) is 71.5 Å². The summed E-state index contributed by atoms with van der Waals surface area (Å²) in [4.78, 5) is 93.7. The Balaban J connectivity index is 0.000000213. The van der Waals surface area contributed by atoms with Crippen LogP contribution in [0.3, 0.4) is 0 Å². The molecule has 0 spiro atoms. The number of carbonyl (C=O) groups excluding carboxylic acids is 7. The molecule has 2 heterocycles. The van der Waals surface area contributed by atoms with Crippen LogP contribution in [0.2, 0.25) is 0 Å². The Kier molecular flexibility index (Phi) is 16.0. The first-order chi connectivity index (χ1) is 37.6. The third-order valence-corrected chi connectivity index (χ3v) is 20.2. The molecule has 8 aliphatic rings. The van der Waals surface area contributed by atoms with Crippen LogP contribution < -0.4 is 0 Å². The van der Waals surface area contributed by atoms with E-state index in [2.05, 4.69) is 0 Å². The van der Waals surface area contributed by atoms with Crippen LogP contribution in [0.4, 0.5) is 0 Å². The molecule has 4 saturated carbocycles. The number of benzene rings is 2. The molecule has 0 amide bonds. The monoisotopic (exact) mass is 1150 g/mol. The molecule has 448 valence electrons. The van der Waals surface area contributed by atoms with Crippen LogP contribution in [0.5, 0.6) is 0 Å². The van der Waals surface area contributed by atoms with Gasteiger partial charge < -0.3 is 68.9 Å². The Labute approximate surface area is 475 Å². The highest BCUT2D eigenvalue weighted by Crippen LogP contribution is 2.66. The highest BCUT2D eigenvalue weighted by atomic mass is 16.6. The van der Waals surface area contributed by atoms with Gasteiger partial charge in [0.2, 0.25) is 0 Å². The lowest BCUT2D eigenvalue weighted by molar-refractivity contribution is -0.345. The summed E-state index contributed by atoms with van der Waals surface area (Å²) in [6.07, 6.45) is -14.5. The standard InChI is InChI=1S/C31H38O11.C29H36O10.CH4/c1-15-19(34)13-31(38)26(41-27(37)18-10-8-7-9-11-18)24-29(6,20(35)12-21-30(24,14-39-21)42-17(3)33)25(36)23(40-16(2)32)22(15)28(31,4)5;1-14-17(31)12-29(36)24(38-25(35)16-9-7-6-8-10-16)22-27(5,23(34)21(33)20(14)26(29,3)4)18(32)11-19-28(22,13-37-19)39-15(2)30;/h7-11,19-21,23-24,26,34-35,38H,12-14H2,1-6H3;6-10,17-19,21-22,24,31-33,36H,11-13H2,1-5H3;1H4/t19-,20-,21+,23+,24?,26-,29+,30-,31+;17-,18-,19+,21+,22?,24-,27+,28-,29+;/m00./s1. The van der Waals surface area contributed by atoms with Gasteiger partial charge in [0.25, 0.3) is 0 Å². The van der Waals surface area contributed by atoms with Crippen LogP contribution in [-0.4, -0.2) is 174 Å². The fraction of sp³-hybridized carbons (Fsp3) is 0.623. The first kappa shape index (κ1) is 62.3. The van der Waals surface area contributed by atoms with Gasteiger partial charge in [0, 0.05) is 57.3 Å². The van der Waals surface area contributed by atoms with Gasteiger partial charge in [-0.25, -0.2) is 9.59 Å². The zero-order chi connectivity index (χ0) is 59.7. The third kappa shape index (κ3) is 8.84. The van der Waals surface area contributed by atoms with Crippen LogP contribution in [0.1, 0.15) is 130 Å². The summed E-state index contributed by atoms with van der Waals surface area (Å²) >= 11 is 0. The normalized spacial score (nSPS) is 41.0. The minimum atomic E-state index is -2.11. The maximum Gasteiger partial charge on any atom is 0.338 e. The number of aliphatic hydroxyl groups excluding tert-OH is 5. The zero-order valence-electron chi connectivity index (χ0n) is 47.3. The lowest BCUT2D eigenvalue weighted by atomic mass is 9.44. The van der Waals surface area contributed by atoms with Crippen molar-refractivity contribution in [2.24, 2.45) is 33.5 Å². The smallest absolute Gasteiger partial charge is 0.338 e. The Bertz CT molecular complexity index is 2990. The molecule has 10 rings (SSSR count). The number of aliphatic hydroxyl groups is 7. The van der Waals surface area contributed by atoms with E-state index in [4.69, 9.17) is 33.2 Å². The Morgan fingerprint density at radius 2 is 0.902 bits per heavy atom. The van der Waals surface area contributed by atoms with Crippen LogP contribution in [0, 0.1) is 33.5 Å². The lowest BCUT2D eigenvalue weighted by Gasteiger charge is -2.67. The first-order valence-electron chi connectivity index (χ1n) is 27.3. The van der Waals surface area contributed by atoms with Gasteiger partial charge in [-0.2, -0.15) is 0 Å². The number of ketones is 2. The van der Waals surface area contributed by atoms with Crippen molar-refractivity contribution >= 4 is 41.4 Å². The van der Waals surface area contributed by atoms with Crippen molar-refractivity contribution in [2.45, 2.75) is 193 Å². The largest absolute Gasteiger partial charge is 0.455 e. The molecule has 2 unspecified atom stereocenters. The fourth-order valence-corrected chi connectivity index (χ4v) is 15.6. The van der Waals surface area contributed by atoms with Crippen molar-refractivity contribution in [1.82, 2.24) is 0 Å². The highest BCUT2D eigenvalue weighted by molar-refractivity contribution is 5.96. The quantitative estimate of drug-likeness (QED) is 0.119. The van der Waals surface area contributed by atoms with Crippen LogP contribution >= 0.6 is 0 Å². The molecule has 7 N–H and O–H groups in total. The molecule has 2 aromatic carbocycles. The average Bonchev–Trinajstić information content (AvgIpc) is 0.743. The first-order valence-corrected chi connectivity index (χ1v) is 27.3. The van der Waals surface area contributed by atoms with Gasteiger partial charge in [0.15, 0.2) is 28.9 Å². The molecule has 4 bridgehead atoms. The summed E-state index contributed by atoms with van der Waals surface area (Å²) in [6, 6.07) is 16.1. The number of ether oxygens (including phenoxy) is 7. The van der Waals surface area contributed by atoms with E-state index < -0.39 is 158 Å². The maximum absolute atomic E-state index is 14.8. The van der Waals surface area contributed by atoms with Crippen molar-refractivity contribution in [2.75, 3.05) is 13.2 Å². The second-order valence-electron chi connectivity index (χ2n) is 25.0. The summed E-state index contributed by atoms with van der Waals surface area (Å²) in [7, 11) is 0. The topological polar surface area (TPSA) is 326 Å². The van der Waals surface area contributed by atoms with Crippen molar-refractivity contribution in [3.63, 3.8) is 0 Å². The molecule has 18 atom stereocenters. The number of hydrogen-bond acceptors (Lipinski definition) is 21. The predicted octanol–water partition coefficient (Wildman–Crippen LogP) is 3.37. The molecule has 21 heteroatoms. The number of Topliss-reactive ketones (excluding diaryl/α,β-unsaturated/α-hetero) is 2. The number of fused-ring (bicyclic) bond motifs is 10. The van der Waals surface area contributed by atoms with Crippen molar-refractivity contribution in [3.8, 4) is 0 Å². The molecule has 6 fully saturated rings. The molecular formula is C61H78O21. The summed E-state index contributed by atoms with van der Waals surface area (Å²) < 4.78 is 41.2. The minimum absolute atomic E-state index is 0. The summed E-state index contributed by atoms with van der Waals surface area (Å²) in [5.41, 5.74) is -12.6. The minimum Gasteiger partial charge on any atom is -0.455 e. The Morgan fingerprint density at radius 1 is 0.537 bits per heavy atom. The molecule has 2 aliphatic heterocycles. The van der Waals surface area contributed by atoms with Crippen molar-refractivity contribution in [1.29, 1.82) is 0 Å². The molecule has 21 nitrogen and oxygen atoms in total. The van der Waals surface area contributed by atoms with E-state index in [1.807, 2.05) is 0 Å². The van der Waals surface area contributed by atoms with E-state index in [1.54, 1.807) is 77.9 Å². The molecule has 2 saturated heterocycles. The summed E-state index contributed by atoms with van der Waals surface area (Å²) in [5.74, 6) is -8.02. The van der Waals surface area contributed by atoms with E-state index in [0.29, 0.717) is 11.1 Å². The van der Waals surface area contributed by atoms with Crippen molar-refractivity contribution < 1.29 is 102 Å². The van der Waals surface area contributed by atoms with Gasteiger partial charge in [-0.05, 0) is 74.3 Å². The SMILES string of the molecule is C.CC(=O)O[C@@]12CO[C@@H]1C[C@H](O)[C@@]1(C)C(=O)[C@H](O)C3=C(C)[C@@H](O)C[C@@](O)([C@@H](OC(=O)c4ccccc4)C12)C3(C)C.CC(=O)O[C@H]1C(=O)[C@@]2(C)C([C@H](OC(=O)c3ccccc3)[C@]3(O)C[C@H](O)C(C)=C1C3(C)C)[C@]1(OC(C)=O)CO[C@@H]1C[C@@H]2O. The van der Waals surface area contributed by atoms with E-state index in [-0.39, 0.29) is 68.6 Å². The molecule has 82 heavy (non-hydrogen) atoms. The maximum atomic E-state index is 14.8. The molecule has 0 radical (unpaired) electrons. The summed E-state index contributed by atoms with van der Waals surface area (Å²) in [5, 5.41) is 82.5. The van der Waals surface area contributed by atoms with E-state index in [0.717, 1.165) is 6.92 Å². The third-order valence-electron chi connectivity index (χ3n) is 20.2.